The molecular formula is C9H13ClN4O2. The van der Waals surface area contributed by atoms with Crippen LogP contribution < -0.4 is 10.6 Å². The highest BCUT2D eigenvalue weighted by Crippen LogP contribution is 1.84. The highest BCUT2D eigenvalue weighted by molar-refractivity contribution is 6.19. The van der Waals surface area contributed by atoms with E-state index in [2.05, 4.69) is 15.7 Å². The first-order valence-corrected chi connectivity index (χ1v) is 5.37. The molecule has 16 heavy (non-hydrogen) atoms. The summed E-state index contributed by atoms with van der Waals surface area (Å²) in [6.07, 6.45) is 3.58. The van der Waals surface area contributed by atoms with Crippen molar-refractivity contribution in [2.75, 3.05) is 12.4 Å². The second-order valence-electron chi connectivity index (χ2n) is 3.01. The van der Waals surface area contributed by atoms with Gasteiger partial charge in [0.25, 0.3) is 0 Å². The third-order valence-corrected chi connectivity index (χ3v) is 1.95. The minimum Gasteiger partial charge on any atom is -0.336 e. The summed E-state index contributed by atoms with van der Waals surface area (Å²) in [6, 6.07) is 1.28. The fraction of sp³-hybridized carbons (Fsp3) is 0.444. The zero-order valence-electron chi connectivity index (χ0n) is 8.65. The van der Waals surface area contributed by atoms with Crippen LogP contribution in [0.2, 0.25) is 0 Å². The molecule has 0 fully saturated rings. The van der Waals surface area contributed by atoms with Gasteiger partial charge < -0.3 is 5.32 Å². The molecule has 0 bridgehead atoms. The van der Waals surface area contributed by atoms with Crippen LogP contribution in [0.25, 0.3) is 0 Å². The predicted molar refractivity (Wildman–Crippen MR) is 59.1 cm³/mol. The lowest BCUT2D eigenvalue weighted by Crippen LogP contribution is -2.40. The number of urea groups is 1. The maximum atomic E-state index is 11.1. The Labute approximate surface area is 98.0 Å². The van der Waals surface area contributed by atoms with E-state index in [9.17, 15) is 9.59 Å². The van der Waals surface area contributed by atoms with Crippen LogP contribution in [0.15, 0.2) is 18.5 Å². The van der Waals surface area contributed by atoms with Crippen molar-refractivity contribution in [1.82, 2.24) is 20.4 Å². The smallest absolute Gasteiger partial charge is 0.321 e. The molecule has 0 saturated carbocycles. The van der Waals surface area contributed by atoms with E-state index >= 15 is 0 Å². The van der Waals surface area contributed by atoms with Crippen LogP contribution in [0.5, 0.6) is 0 Å². The Hall–Kier alpha value is -1.56. The lowest BCUT2D eigenvalue weighted by atomic mass is 10.4. The number of carbonyl (C=O) groups is 2. The first kappa shape index (κ1) is 12.5. The van der Waals surface area contributed by atoms with E-state index in [1.807, 2.05) is 0 Å². The molecule has 0 aliphatic carbocycles. The van der Waals surface area contributed by atoms with Crippen LogP contribution in [-0.4, -0.2) is 34.1 Å². The molecule has 0 unspecified atom stereocenters. The van der Waals surface area contributed by atoms with Crippen LogP contribution in [0.1, 0.15) is 6.42 Å². The van der Waals surface area contributed by atoms with E-state index < -0.39 is 6.03 Å². The standard InChI is InChI=1S/C9H13ClN4O2/c10-3-2-8(15)13-9(16)11-5-7-14-6-1-4-12-14/h1,4,6H,2-3,5,7H2,(H2,11,13,15,16). The van der Waals surface area contributed by atoms with Crippen molar-refractivity contribution >= 4 is 23.5 Å². The van der Waals surface area contributed by atoms with E-state index in [1.54, 1.807) is 23.1 Å². The van der Waals surface area contributed by atoms with Gasteiger partial charge in [-0.05, 0) is 6.07 Å². The number of halogens is 1. The zero-order valence-corrected chi connectivity index (χ0v) is 9.41. The molecule has 6 nitrogen and oxygen atoms in total. The second-order valence-corrected chi connectivity index (χ2v) is 3.39. The maximum Gasteiger partial charge on any atom is 0.321 e. The van der Waals surface area contributed by atoms with Crippen LogP contribution in [0.4, 0.5) is 4.79 Å². The maximum absolute atomic E-state index is 11.1. The lowest BCUT2D eigenvalue weighted by molar-refractivity contribution is -0.119. The molecule has 1 aromatic heterocycles. The molecule has 0 aromatic carbocycles. The average molecular weight is 245 g/mol. The van der Waals surface area contributed by atoms with Crippen molar-refractivity contribution in [2.45, 2.75) is 13.0 Å². The molecular weight excluding hydrogens is 232 g/mol. The van der Waals surface area contributed by atoms with Gasteiger partial charge in [0.05, 0.1) is 6.54 Å². The van der Waals surface area contributed by atoms with Gasteiger partial charge in [0.1, 0.15) is 0 Å². The number of amides is 3. The monoisotopic (exact) mass is 244 g/mol. The Balaban J connectivity index is 2.13. The van der Waals surface area contributed by atoms with Crippen molar-refractivity contribution in [3.63, 3.8) is 0 Å². The highest BCUT2D eigenvalue weighted by Gasteiger charge is 2.05. The number of rotatable bonds is 5. The molecule has 0 aliphatic rings. The van der Waals surface area contributed by atoms with Gasteiger partial charge in [0, 0.05) is 31.2 Å². The molecule has 0 radical (unpaired) electrons. The number of hydrogen-bond acceptors (Lipinski definition) is 3. The van der Waals surface area contributed by atoms with Crippen LogP contribution in [0.3, 0.4) is 0 Å². The third-order valence-electron chi connectivity index (χ3n) is 1.76. The molecule has 1 aromatic rings. The Morgan fingerprint density at radius 3 is 2.88 bits per heavy atom. The first-order valence-electron chi connectivity index (χ1n) is 4.83. The quantitative estimate of drug-likeness (QED) is 0.734. The van der Waals surface area contributed by atoms with Crippen LogP contribution in [0, 0.1) is 0 Å². The van der Waals surface area contributed by atoms with Gasteiger partial charge in [-0.25, -0.2) is 4.79 Å². The minimum absolute atomic E-state index is 0.133. The Morgan fingerprint density at radius 1 is 1.44 bits per heavy atom. The summed E-state index contributed by atoms with van der Waals surface area (Å²) in [6.45, 7) is 0.964. The largest absolute Gasteiger partial charge is 0.336 e. The Bertz CT molecular complexity index is 339. The lowest BCUT2D eigenvalue weighted by Gasteiger charge is -2.05. The molecule has 0 spiro atoms. The molecule has 3 amide bonds. The highest BCUT2D eigenvalue weighted by atomic mass is 35.5. The van der Waals surface area contributed by atoms with Crippen molar-refractivity contribution < 1.29 is 9.59 Å². The first-order chi connectivity index (χ1) is 7.72. The van der Waals surface area contributed by atoms with E-state index in [0.717, 1.165) is 0 Å². The van der Waals surface area contributed by atoms with Crippen LogP contribution >= 0.6 is 11.6 Å². The van der Waals surface area contributed by atoms with Crippen molar-refractivity contribution in [2.24, 2.45) is 0 Å². The van der Waals surface area contributed by atoms with Gasteiger partial charge in [-0.3, -0.25) is 14.8 Å². The predicted octanol–water partition coefficient (Wildman–Crippen LogP) is 0.338. The van der Waals surface area contributed by atoms with Gasteiger partial charge >= 0.3 is 6.03 Å². The molecule has 1 heterocycles. The summed E-state index contributed by atoms with van der Waals surface area (Å²) in [4.78, 5) is 22.1. The van der Waals surface area contributed by atoms with E-state index in [-0.39, 0.29) is 18.2 Å². The Kier molecular flexibility index (Phi) is 5.35. The SMILES string of the molecule is O=C(CCCl)NC(=O)NCCn1cccn1. The summed E-state index contributed by atoms with van der Waals surface area (Å²) in [5.74, 6) is -0.182. The van der Waals surface area contributed by atoms with Gasteiger partial charge in [-0.2, -0.15) is 5.10 Å². The number of nitrogens with one attached hydrogen (secondary N) is 2. The number of imide groups is 1. The molecule has 1 rings (SSSR count). The number of hydrogen-bond donors (Lipinski definition) is 2. The van der Waals surface area contributed by atoms with E-state index in [0.29, 0.717) is 13.1 Å². The number of nitrogens with zero attached hydrogens (tertiary/aromatic N) is 2. The summed E-state index contributed by atoms with van der Waals surface area (Å²) in [7, 11) is 0. The summed E-state index contributed by atoms with van der Waals surface area (Å²) in [5, 5.41) is 8.66. The number of aromatic nitrogens is 2. The molecule has 0 aliphatic heterocycles. The Morgan fingerprint density at radius 2 is 2.25 bits per heavy atom. The van der Waals surface area contributed by atoms with Gasteiger partial charge in [-0.1, -0.05) is 0 Å². The van der Waals surface area contributed by atoms with E-state index in [4.69, 9.17) is 11.6 Å². The molecule has 0 atom stereocenters. The zero-order chi connectivity index (χ0) is 11.8. The summed E-state index contributed by atoms with van der Waals surface area (Å²) in [5.41, 5.74) is 0. The average Bonchev–Trinajstić information content (AvgIpc) is 2.70. The topological polar surface area (TPSA) is 76.0 Å². The summed E-state index contributed by atoms with van der Waals surface area (Å²) < 4.78 is 1.68. The molecule has 0 saturated heterocycles. The van der Waals surface area contributed by atoms with E-state index in [1.165, 1.54) is 0 Å². The molecule has 88 valence electrons. The fourth-order valence-corrected chi connectivity index (χ4v) is 1.21. The van der Waals surface area contributed by atoms with Crippen molar-refractivity contribution in [3.8, 4) is 0 Å². The van der Waals surface area contributed by atoms with Crippen molar-refractivity contribution in [1.29, 1.82) is 0 Å². The number of carbonyl (C=O) groups excluding carboxylic acids is 2. The van der Waals surface area contributed by atoms with Crippen molar-refractivity contribution in [3.05, 3.63) is 18.5 Å². The van der Waals surface area contributed by atoms with Gasteiger partial charge in [-0.15, -0.1) is 11.6 Å². The summed E-state index contributed by atoms with van der Waals surface area (Å²) >= 11 is 5.35. The second kappa shape index (κ2) is 6.84. The number of alkyl halides is 1. The van der Waals surface area contributed by atoms with Gasteiger partial charge in [0.2, 0.25) is 5.91 Å². The fourth-order valence-electron chi connectivity index (χ4n) is 1.04. The van der Waals surface area contributed by atoms with Gasteiger partial charge in [0.15, 0.2) is 0 Å². The molecule has 7 heteroatoms. The molecule has 2 N–H and O–H groups in total. The van der Waals surface area contributed by atoms with Crippen LogP contribution in [-0.2, 0) is 11.3 Å². The third kappa shape index (κ3) is 4.79. The minimum atomic E-state index is -0.512. The normalized spacial score (nSPS) is 9.81.